The number of carboxylic acid groups (broad SMARTS) is 1. The van der Waals surface area contributed by atoms with Crippen molar-refractivity contribution >= 4 is 11.8 Å². The molecule has 1 aliphatic heterocycles. The van der Waals surface area contributed by atoms with Crippen LogP contribution in [-0.2, 0) is 0 Å². The molecule has 18 heavy (non-hydrogen) atoms. The second-order valence-electron chi connectivity index (χ2n) is 5.12. The molecule has 1 aliphatic rings. The second kappa shape index (κ2) is 4.96. The highest BCUT2D eigenvalue weighted by molar-refractivity contribution is 5.95. The summed E-state index contributed by atoms with van der Waals surface area (Å²) >= 11 is 0. The Labute approximate surface area is 108 Å². The minimum absolute atomic E-state index is 0.356. The fraction of sp³-hybridized carbons (Fsp3) is 0.571. The average Bonchev–Trinajstić information content (AvgIpc) is 2.27. The molecule has 0 spiro atoms. The first-order valence-corrected chi connectivity index (χ1v) is 6.49. The summed E-state index contributed by atoms with van der Waals surface area (Å²) in [4.78, 5) is 18.1. The van der Waals surface area contributed by atoms with Gasteiger partial charge < -0.3 is 10.0 Å². The number of piperidine rings is 1. The Morgan fingerprint density at radius 1 is 1.44 bits per heavy atom. The van der Waals surface area contributed by atoms with Gasteiger partial charge in [-0.3, -0.25) is 0 Å². The third-order valence-corrected chi connectivity index (χ3v) is 3.61. The number of aryl methyl sites for hydroxylation is 2. The summed E-state index contributed by atoms with van der Waals surface area (Å²) in [6.07, 6.45) is 3.43. The minimum atomic E-state index is -0.882. The van der Waals surface area contributed by atoms with Crippen molar-refractivity contribution in [1.82, 2.24) is 4.98 Å². The Morgan fingerprint density at radius 3 is 2.78 bits per heavy atom. The summed E-state index contributed by atoms with van der Waals surface area (Å²) in [5.41, 5.74) is 2.03. The molecule has 1 aromatic rings. The third-order valence-electron chi connectivity index (χ3n) is 3.61. The van der Waals surface area contributed by atoms with E-state index in [2.05, 4.69) is 16.8 Å². The maximum absolute atomic E-state index is 11.4. The van der Waals surface area contributed by atoms with Crippen molar-refractivity contribution in [2.24, 2.45) is 0 Å². The van der Waals surface area contributed by atoms with E-state index in [1.807, 2.05) is 19.9 Å². The van der Waals surface area contributed by atoms with E-state index in [4.69, 9.17) is 0 Å². The normalized spacial score (nSPS) is 19.9. The highest BCUT2D eigenvalue weighted by Crippen LogP contribution is 2.28. The van der Waals surface area contributed by atoms with Crippen molar-refractivity contribution in [2.75, 3.05) is 11.4 Å². The number of rotatable bonds is 2. The molecular formula is C14H20N2O2. The molecular weight excluding hydrogens is 228 g/mol. The van der Waals surface area contributed by atoms with Gasteiger partial charge in [0.05, 0.1) is 0 Å². The molecule has 0 saturated carbocycles. The molecule has 1 atom stereocenters. The van der Waals surface area contributed by atoms with E-state index in [1.165, 1.54) is 6.42 Å². The second-order valence-corrected chi connectivity index (χ2v) is 5.12. The van der Waals surface area contributed by atoms with Crippen LogP contribution in [0.4, 0.5) is 5.82 Å². The lowest BCUT2D eigenvalue weighted by Gasteiger charge is -2.35. The maximum atomic E-state index is 11.4. The first-order chi connectivity index (χ1) is 8.50. The van der Waals surface area contributed by atoms with E-state index in [9.17, 15) is 9.90 Å². The summed E-state index contributed by atoms with van der Waals surface area (Å²) in [5, 5.41) is 9.39. The van der Waals surface area contributed by atoms with Crippen LogP contribution in [0, 0.1) is 13.8 Å². The van der Waals surface area contributed by atoms with Gasteiger partial charge in [0.15, 0.2) is 0 Å². The van der Waals surface area contributed by atoms with Gasteiger partial charge in [-0.05, 0) is 51.7 Å². The van der Waals surface area contributed by atoms with Crippen LogP contribution in [0.1, 0.15) is 47.8 Å². The molecule has 1 saturated heterocycles. The molecule has 0 radical (unpaired) electrons. The molecule has 0 aromatic carbocycles. The van der Waals surface area contributed by atoms with Crippen LogP contribution in [0.25, 0.3) is 0 Å². The molecule has 0 aliphatic carbocycles. The van der Waals surface area contributed by atoms with Crippen molar-refractivity contribution in [3.05, 3.63) is 22.9 Å². The molecule has 1 unspecified atom stereocenters. The van der Waals surface area contributed by atoms with E-state index in [1.54, 1.807) is 0 Å². The molecule has 1 aromatic heterocycles. The minimum Gasteiger partial charge on any atom is -0.478 e. The van der Waals surface area contributed by atoms with Crippen LogP contribution in [0.3, 0.4) is 0 Å². The van der Waals surface area contributed by atoms with E-state index < -0.39 is 5.97 Å². The van der Waals surface area contributed by atoms with Gasteiger partial charge in [0.1, 0.15) is 11.4 Å². The van der Waals surface area contributed by atoms with Crippen molar-refractivity contribution in [3.63, 3.8) is 0 Å². The Morgan fingerprint density at radius 2 is 2.17 bits per heavy atom. The number of anilines is 1. The number of nitrogens with zero attached hydrogens (tertiary/aromatic N) is 2. The fourth-order valence-corrected chi connectivity index (χ4v) is 2.70. The van der Waals surface area contributed by atoms with Crippen LogP contribution in [0.15, 0.2) is 6.07 Å². The maximum Gasteiger partial charge on any atom is 0.339 e. The van der Waals surface area contributed by atoms with Crippen molar-refractivity contribution in [1.29, 1.82) is 0 Å². The number of carbonyl (C=O) groups is 1. The first kappa shape index (κ1) is 12.9. The van der Waals surface area contributed by atoms with E-state index in [-0.39, 0.29) is 0 Å². The fourth-order valence-electron chi connectivity index (χ4n) is 2.70. The number of carboxylic acids is 1. The zero-order valence-corrected chi connectivity index (χ0v) is 11.2. The topological polar surface area (TPSA) is 53.4 Å². The molecule has 4 heteroatoms. The molecule has 0 bridgehead atoms. The van der Waals surface area contributed by atoms with Crippen LogP contribution < -0.4 is 4.90 Å². The molecule has 0 amide bonds. The lowest BCUT2D eigenvalue weighted by Crippen LogP contribution is -2.39. The van der Waals surface area contributed by atoms with Gasteiger partial charge in [-0.15, -0.1) is 0 Å². The largest absolute Gasteiger partial charge is 0.478 e. The summed E-state index contributed by atoms with van der Waals surface area (Å²) < 4.78 is 0. The van der Waals surface area contributed by atoms with Crippen molar-refractivity contribution < 1.29 is 9.90 Å². The summed E-state index contributed by atoms with van der Waals surface area (Å²) in [5.74, 6) is -0.236. The monoisotopic (exact) mass is 248 g/mol. The predicted octanol–water partition coefficient (Wildman–Crippen LogP) is 2.78. The highest BCUT2D eigenvalue weighted by atomic mass is 16.4. The Balaban J connectivity index is 2.50. The summed E-state index contributed by atoms with van der Waals surface area (Å²) in [6, 6.07) is 2.20. The quantitative estimate of drug-likeness (QED) is 0.874. The first-order valence-electron chi connectivity index (χ1n) is 6.49. The molecule has 1 fully saturated rings. The van der Waals surface area contributed by atoms with E-state index in [0.717, 1.165) is 30.6 Å². The molecule has 2 heterocycles. The molecule has 2 rings (SSSR count). The van der Waals surface area contributed by atoms with Gasteiger partial charge in [0, 0.05) is 18.3 Å². The number of aromatic nitrogens is 1. The van der Waals surface area contributed by atoms with E-state index >= 15 is 0 Å². The van der Waals surface area contributed by atoms with Crippen molar-refractivity contribution in [2.45, 2.75) is 46.1 Å². The van der Waals surface area contributed by atoms with Gasteiger partial charge in [0.2, 0.25) is 0 Å². The standard InChI is InChI=1S/C14H20N2O2/c1-9-8-10(2)15-13(12(9)14(17)18)16-7-5-4-6-11(16)3/h8,11H,4-7H2,1-3H3,(H,17,18). The number of hydrogen-bond donors (Lipinski definition) is 1. The smallest absolute Gasteiger partial charge is 0.339 e. The van der Waals surface area contributed by atoms with Crippen molar-refractivity contribution in [3.8, 4) is 0 Å². The predicted molar refractivity (Wildman–Crippen MR) is 71.3 cm³/mol. The third kappa shape index (κ3) is 2.33. The lowest BCUT2D eigenvalue weighted by molar-refractivity contribution is 0.0696. The van der Waals surface area contributed by atoms with Gasteiger partial charge in [-0.25, -0.2) is 9.78 Å². The SMILES string of the molecule is Cc1cc(C)c(C(=O)O)c(N2CCCCC2C)n1. The Kier molecular flexibility index (Phi) is 3.55. The Bertz CT molecular complexity index is 471. The molecule has 1 N–H and O–H groups in total. The number of hydrogen-bond acceptors (Lipinski definition) is 3. The summed E-state index contributed by atoms with van der Waals surface area (Å²) in [7, 11) is 0. The van der Waals surface area contributed by atoms with Gasteiger partial charge in [-0.1, -0.05) is 0 Å². The molecule has 4 nitrogen and oxygen atoms in total. The van der Waals surface area contributed by atoms with Crippen LogP contribution in [-0.4, -0.2) is 28.6 Å². The van der Waals surface area contributed by atoms with Crippen LogP contribution in [0.2, 0.25) is 0 Å². The zero-order chi connectivity index (χ0) is 13.3. The van der Waals surface area contributed by atoms with Crippen LogP contribution in [0.5, 0.6) is 0 Å². The molecule has 98 valence electrons. The summed E-state index contributed by atoms with van der Waals surface area (Å²) in [6.45, 7) is 6.80. The Hall–Kier alpha value is -1.58. The van der Waals surface area contributed by atoms with Gasteiger partial charge >= 0.3 is 5.97 Å². The zero-order valence-electron chi connectivity index (χ0n) is 11.2. The van der Waals surface area contributed by atoms with Crippen LogP contribution >= 0.6 is 0 Å². The number of aromatic carboxylic acids is 1. The average molecular weight is 248 g/mol. The van der Waals surface area contributed by atoms with E-state index in [0.29, 0.717) is 17.4 Å². The number of pyridine rings is 1. The van der Waals surface area contributed by atoms with Gasteiger partial charge in [-0.2, -0.15) is 0 Å². The van der Waals surface area contributed by atoms with Gasteiger partial charge in [0.25, 0.3) is 0 Å². The highest BCUT2D eigenvalue weighted by Gasteiger charge is 2.25. The lowest BCUT2D eigenvalue weighted by atomic mass is 10.0.